The molecule has 1 aliphatic heterocycles. The van der Waals surface area contributed by atoms with Crippen molar-refractivity contribution in [3.05, 3.63) is 59.7 Å². The van der Waals surface area contributed by atoms with Gasteiger partial charge in [0.15, 0.2) is 0 Å². The molecule has 0 saturated heterocycles. The van der Waals surface area contributed by atoms with E-state index in [0.29, 0.717) is 24.0 Å². The molecule has 0 bridgehead atoms. The minimum absolute atomic E-state index is 0.272. The highest BCUT2D eigenvalue weighted by Crippen LogP contribution is 2.34. The molecule has 26 heavy (non-hydrogen) atoms. The summed E-state index contributed by atoms with van der Waals surface area (Å²) in [5.41, 5.74) is 0.908. The SMILES string of the molecule is O=C1c2cc3cc4ccccc4cc3cc2C(=O)N1[C@H]1CCCC[C@@H]1O. The summed E-state index contributed by atoms with van der Waals surface area (Å²) >= 11 is 0. The second-order valence-corrected chi connectivity index (χ2v) is 7.34. The average molecular weight is 345 g/mol. The summed E-state index contributed by atoms with van der Waals surface area (Å²) in [6, 6.07) is 15.4. The topological polar surface area (TPSA) is 57.6 Å². The molecule has 1 heterocycles. The Hall–Kier alpha value is -2.72. The van der Waals surface area contributed by atoms with Gasteiger partial charge in [0.2, 0.25) is 0 Å². The van der Waals surface area contributed by atoms with Crippen molar-refractivity contribution < 1.29 is 14.7 Å². The van der Waals surface area contributed by atoms with Crippen LogP contribution in [-0.2, 0) is 0 Å². The van der Waals surface area contributed by atoms with Crippen molar-refractivity contribution in [2.45, 2.75) is 37.8 Å². The van der Waals surface area contributed by atoms with E-state index in [1.54, 1.807) is 0 Å². The van der Waals surface area contributed by atoms with Gasteiger partial charge in [0.25, 0.3) is 11.8 Å². The van der Waals surface area contributed by atoms with Crippen LogP contribution in [0.2, 0.25) is 0 Å². The largest absolute Gasteiger partial charge is 0.391 e. The fourth-order valence-corrected chi connectivity index (χ4v) is 4.39. The fourth-order valence-electron chi connectivity index (χ4n) is 4.39. The van der Waals surface area contributed by atoms with Gasteiger partial charge in [0.1, 0.15) is 0 Å². The van der Waals surface area contributed by atoms with Crippen molar-refractivity contribution in [2.75, 3.05) is 0 Å². The highest BCUT2D eigenvalue weighted by atomic mass is 16.3. The molecule has 2 amide bonds. The van der Waals surface area contributed by atoms with Crippen molar-refractivity contribution >= 4 is 33.4 Å². The lowest BCUT2D eigenvalue weighted by molar-refractivity contribution is 0.0203. The molecule has 3 aromatic rings. The summed E-state index contributed by atoms with van der Waals surface area (Å²) < 4.78 is 0. The van der Waals surface area contributed by atoms with Gasteiger partial charge in [-0.05, 0) is 58.7 Å². The predicted octanol–water partition coefficient (Wildman–Crippen LogP) is 3.89. The van der Waals surface area contributed by atoms with Gasteiger partial charge in [0, 0.05) is 0 Å². The maximum Gasteiger partial charge on any atom is 0.261 e. The van der Waals surface area contributed by atoms with Crippen LogP contribution in [0.5, 0.6) is 0 Å². The Morgan fingerprint density at radius 2 is 1.31 bits per heavy atom. The molecule has 1 fully saturated rings. The van der Waals surface area contributed by atoms with E-state index in [4.69, 9.17) is 0 Å². The molecule has 0 radical (unpaired) electrons. The molecule has 1 N–H and O–H groups in total. The highest BCUT2D eigenvalue weighted by molar-refractivity contribution is 6.23. The van der Waals surface area contributed by atoms with Gasteiger partial charge in [-0.2, -0.15) is 0 Å². The fraction of sp³-hybridized carbons (Fsp3) is 0.273. The number of rotatable bonds is 1. The zero-order valence-electron chi connectivity index (χ0n) is 14.3. The van der Waals surface area contributed by atoms with Gasteiger partial charge in [-0.25, -0.2) is 0 Å². The summed E-state index contributed by atoms with van der Waals surface area (Å²) in [4.78, 5) is 27.2. The Morgan fingerprint density at radius 1 is 0.769 bits per heavy atom. The molecule has 2 atom stereocenters. The van der Waals surface area contributed by atoms with Crippen LogP contribution in [0, 0.1) is 0 Å². The van der Waals surface area contributed by atoms with E-state index in [1.807, 2.05) is 36.4 Å². The zero-order chi connectivity index (χ0) is 17.8. The molecule has 130 valence electrons. The third-order valence-electron chi connectivity index (χ3n) is 5.77. The molecule has 0 unspecified atom stereocenters. The number of imide groups is 1. The molecule has 5 rings (SSSR count). The average Bonchev–Trinajstić information content (AvgIpc) is 2.89. The van der Waals surface area contributed by atoms with Crippen LogP contribution in [0.1, 0.15) is 46.4 Å². The minimum atomic E-state index is -0.622. The normalized spacial score (nSPS) is 23.0. The van der Waals surface area contributed by atoms with Crippen LogP contribution in [0.15, 0.2) is 48.5 Å². The van der Waals surface area contributed by atoms with Gasteiger partial charge in [0.05, 0.1) is 23.3 Å². The second kappa shape index (κ2) is 5.64. The van der Waals surface area contributed by atoms with Crippen molar-refractivity contribution in [3.8, 4) is 0 Å². The molecule has 3 aromatic carbocycles. The smallest absolute Gasteiger partial charge is 0.261 e. The maximum atomic E-state index is 13.0. The summed E-state index contributed by atoms with van der Waals surface area (Å²) in [6.07, 6.45) is 2.57. The van der Waals surface area contributed by atoms with Crippen LogP contribution < -0.4 is 0 Å². The number of fused-ring (bicyclic) bond motifs is 3. The first-order valence-corrected chi connectivity index (χ1v) is 9.16. The first-order valence-electron chi connectivity index (χ1n) is 9.16. The number of hydrogen-bond acceptors (Lipinski definition) is 3. The number of hydrogen-bond donors (Lipinski definition) is 1. The van der Waals surface area contributed by atoms with E-state index >= 15 is 0 Å². The van der Waals surface area contributed by atoms with Crippen molar-refractivity contribution in [3.63, 3.8) is 0 Å². The monoisotopic (exact) mass is 345 g/mol. The van der Waals surface area contributed by atoms with Crippen molar-refractivity contribution in [1.82, 2.24) is 4.90 Å². The molecule has 4 heteroatoms. The predicted molar refractivity (Wildman–Crippen MR) is 100 cm³/mol. The lowest BCUT2D eigenvalue weighted by atomic mass is 9.91. The van der Waals surface area contributed by atoms with Gasteiger partial charge in [-0.15, -0.1) is 0 Å². The molecule has 1 saturated carbocycles. The van der Waals surface area contributed by atoms with Gasteiger partial charge < -0.3 is 5.11 Å². The van der Waals surface area contributed by atoms with Crippen LogP contribution in [0.25, 0.3) is 21.5 Å². The van der Waals surface area contributed by atoms with E-state index in [-0.39, 0.29) is 11.8 Å². The second-order valence-electron chi connectivity index (χ2n) is 7.34. The summed E-state index contributed by atoms with van der Waals surface area (Å²) in [6.45, 7) is 0. The van der Waals surface area contributed by atoms with Crippen LogP contribution in [0.4, 0.5) is 0 Å². The third kappa shape index (κ3) is 2.19. The molecular formula is C22H19NO3. The first kappa shape index (κ1) is 15.5. The van der Waals surface area contributed by atoms with E-state index in [1.165, 1.54) is 4.90 Å². The number of aliphatic hydroxyl groups is 1. The van der Waals surface area contributed by atoms with Crippen molar-refractivity contribution in [1.29, 1.82) is 0 Å². The van der Waals surface area contributed by atoms with Crippen LogP contribution in [-0.4, -0.2) is 34.0 Å². The molecular weight excluding hydrogens is 326 g/mol. The minimum Gasteiger partial charge on any atom is -0.391 e. The van der Waals surface area contributed by atoms with E-state index in [0.717, 1.165) is 34.4 Å². The first-order chi connectivity index (χ1) is 12.6. The maximum absolute atomic E-state index is 13.0. The summed E-state index contributed by atoms with van der Waals surface area (Å²) in [7, 11) is 0. The van der Waals surface area contributed by atoms with Crippen molar-refractivity contribution in [2.24, 2.45) is 0 Å². The Morgan fingerprint density at radius 3 is 1.85 bits per heavy atom. The number of carbonyl (C=O) groups is 2. The summed E-state index contributed by atoms with van der Waals surface area (Å²) in [5.74, 6) is -0.544. The number of benzene rings is 3. The number of nitrogens with zero attached hydrogens (tertiary/aromatic N) is 1. The Bertz CT molecular complexity index is 998. The Kier molecular flexibility index (Phi) is 3.37. The number of carbonyl (C=O) groups excluding carboxylic acids is 2. The molecule has 2 aliphatic rings. The van der Waals surface area contributed by atoms with Gasteiger partial charge >= 0.3 is 0 Å². The molecule has 0 spiro atoms. The molecule has 4 nitrogen and oxygen atoms in total. The summed E-state index contributed by atoms with van der Waals surface area (Å²) in [5, 5.41) is 14.4. The molecule has 0 aromatic heterocycles. The van der Waals surface area contributed by atoms with E-state index < -0.39 is 12.1 Å². The quantitative estimate of drug-likeness (QED) is 0.538. The Labute approximate surface area is 151 Å². The zero-order valence-corrected chi connectivity index (χ0v) is 14.3. The van der Waals surface area contributed by atoms with E-state index in [2.05, 4.69) is 12.1 Å². The lowest BCUT2D eigenvalue weighted by Gasteiger charge is -2.33. The number of aliphatic hydroxyl groups excluding tert-OH is 1. The standard InChI is InChI=1S/C22H19NO3/c24-20-8-4-3-7-19(20)23-21(25)17-11-15-9-13-5-1-2-6-14(13)10-16(15)12-18(17)22(23)26/h1-2,5-6,9-12,19-20,24H,3-4,7-8H2/t19-,20-/m0/s1. The highest BCUT2D eigenvalue weighted by Gasteiger charge is 2.43. The molecule has 1 aliphatic carbocycles. The van der Waals surface area contributed by atoms with Gasteiger partial charge in [-0.3, -0.25) is 14.5 Å². The lowest BCUT2D eigenvalue weighted by Crippen LogP contribution is -2.48. The van der Waals surface area contributed by atoms with Gasteiger partial charge in [-0.1, -0.05) is 37.1 Å². The number of amides is 2. The third-order valence-corrected chi connectivity index (χ3v) is 5.77. The Balaban J connectivity index is 1.65. The van der Waals surface area contributed by atoms with E-state index in [9.17, 15) is 14.7 Å². The van der Waals surface area contributed by atoms with Crippen LogP contribution in [0.3, 0.4) is 0 Å². The van der Waals surface area contributed by atoms with Crippen LogP contribution >= 0.6 is 0 Å².